The van der Waals surface area contributed by atoms with Crippen LogP contribution in [0.4, 0.5) is 14.5 Å². The Morgan fingerprint density at radius 2 is 1.75 bits per heavy atom. The lowest BCUT2D eigenvalue weighted by Crippen LogP contribution is -2.20. The van der Waals surface area contributed by atoms with Crippen molar-refractivity contribution < 1.29 is 8.78 Å². The number of likely N-dealkylation sites (N-methyl/N-ethyl adjacent to an activating group) is 1. The van der Waals surface area contributed by atoms with Crippen LogP contribution in [0, 0.1) is 11.6 Å². The Hall–Kier alpha value is -1.91. The largest absolute Gasteiger partial charge is 0.372 e. The molecule has 0 atom stereocenters. The summed E-state index contributed by atoms with van der Waals surface area (Å²) in [4.78, 5) is 6.75. The number of anilines is 1. The topological polar surface area (TPSA) is 15.6 Å². The number of nitrogens with zero attached hydrogens (tertiary/aromatic N) is 2. The Kier molecular flexibility index (Phi) is 7.39. The highest BCUT2D eigenvalue weighted by atomic mass is 35.5. The number of para-hydroxylation sites is 1. The molecule has 0 aromatic heterocycles. The first-order chi connectivity index (χ1) is 10.6. The van der Waals surface area contributed by atoms with Crippen molar-refractivity contribution in [1.29, 1.82) is 0 Å². The molecule has 0 amide bonds. The average Bonchev–Trinajstić information content (AvgIpc) is 2.68. The van der Waals surface area contributed by atoms with Crippen molar-refractivity contribution in [2.45, 2.75) is 0 Å². The van der Waals surface area contributed by atoms with Crippen molar-refractivity contribution in [2.75, 3.05) is 25.0 Å². The summed E-state index contributed by atoms with van der Waals surface area (Å²) in [7, 11) is 2.04. The summed E-state index contributed by atoms with van der Waals surface area (Å²) in [6.07, 6.45) is 3.61. The van der Waals surface area contributed by atoms with Crippen LogP contribution in [0.2, 0.25) is 0 Å². The molecule has 0 saturated carbocycles. The number of hydrogen-bond donors (Lipinski definition) is 0. The monoisotopic (exact) mass is 370 g/mol. The van der Waals surface area contributed by atoms with Crippen LogP contribution < -0.4 is 4.90 Å². The molecule has 1 heterocycles. The van der Waals surface area contributed by atoms with E-state index in [2.05, 4.69) is 16.0 Å². The highest BCUT2D eigenvalue weighted by molar-refractivity contribution is 6.14. The molecule has 2 nitrogen and oxygen atoms in total. The van der Waals surface area contributed by atoms with Crippen LogP contribution in [0.25, 0.3) is 6.08 Å². The van der Waals surface area contributed by atoms with E-state index in [0.717, 1.165) is 29.6 Å². The lowest BCUT2D eigenvalue weighted by molar-refractivity contribution is 0.508. The molecule has 0 spiro atoms. The van der Waals surface area contributed by atoms with Gasteiger partial charge in [0.15, 0.2) is 11.6 Å². The lowest BCUT2D eigenvalue weighted by atomic mass is 10.1. The number of halogens is 4. The number of benzene rings is 2. The van der Waals surface area contributed by atoms with Crippen molar-refractivity contribution in [1.82, 2.24) is 0 Å². The first kappa shape index (κ1) is 20.1. The number of fused-ring (bicyclic) bond motifs is 1. The molecular weight excluding hydrogens is 353 g/mol. The second-order valence-corrected chi connectivity index (χ2v) is 5.21. The summed E-state index contributed by atoms with van der Waals surface area (Å²) in [5.41, 5.74) is 3.62. The second kappa shape index (κ2) is 8.81. The van der Waals surface area contributed by atoms with Gasteiger partial charge in [0.1, 0.15) is 0 Å². The first-order valence-electron chi connectivity index (χ1n) is 7.13. The van der Waals surface area contributed by atoms with Crippen molar-refractivity contribution >= 4 is 42.3 Å². The van der Waals surface area contributed by atoms with Crippen LogP contribution in [-0.4, -0.2) is 25.8 Å². The fraction of sp³-hybridized carbons (Fsp3) is 0.167. The van der Waals surface area contributed by atoms with Gasteiger partial charge in [0.05, 0.1) is 12.3 Å². The van der Waals surface area contributed by atoms with Gasteiger partial charge in [0.2, 0.25) is 0 Å². The van der Waals surface area contributed by atoms with E-state index in [1.807, 2.05) is 31.3 Å². The van der Waals surface area contributed by atoms with E-state index in [-0.39, 0.29) is 24.8 Å². The first-order valence-corrected chi connectivity index (χ1v) is 7.13. The van der Waals surface area contributed by atoms with Crippen LogP contribution in [0.15, 0.2) is 53.5 Å². The zero-order valence-corrected chi connectivity index (χ0v) is 14.7. The van der Waals surface area contributed by atoms with E-state index in [0.29, 0.717) is 12.1 Å². The van der Waals surface area contributed by atoms with Crippen LogP contribution in [-0.2, 0) is 0 Å². The van der Waals surface area contributed by atoms with Gasteiger partial charge in [-0.2, -0.15) is 0 Å². The molecule has 128 valence electrons. The van der Waals surface area contributed by atoms with Crippen LogP contribution >= 0.6 is 24.8 Å². The summed E-state index contributed by atoms with van der Waals surface area (Å²) in [5.74, 6) is -1.68. The minimum atomic E-state index is -0.843. The molecule has 2 aromatic carbocycles. The van der Waals surface area contributed by atoms with Crippen molar-refractivity contribution in [3.63, 3.8) is 0 Å². The standard InChI is InChI=1S/C18H16F2N2.2ClH/c1-22-11-10-21-17(14-4-2-3-5-18(14)22)9-7-13-6-8-15(19)16(20)12-13;;/h2-9,12H,10-11H2,1H3;2*1H. The second-order valence-electron chi connectivity index (χ2n) is 5.21. The Morgan fingerprint density at radius 1 is 1.00 bits per heavy atom. The van der Waals surface area contributed by atoms with Gasteiger partial charge >= 0.3 is 0 Å². The molecular formula is C18H18Cl2F2N2. The van der Waals surface area contributed by atoms with Gasteiger partial charge in [-0.15, -0.1) is 24.8 Å². The summed E-state index contributed by atoms with van der Waals surface area (Å²) in [5, 5.41) is 0. The highest BCUT2D eigenvalue weighted by Gasteiger charge is 2.13. The van der Waals surface area contributed by atoms with E-state index in [4.69, 9.17) is 0 Å². The zero-order valence-electron chi connectivity index (χ0n) is 13.1. The van der Waals surface area contributed by atoms with Crippen LogP contribution in [0.5, 0.6) is 0 Å². The van der Waals surface area contributed by atoms with Crippen LogP contribution in [0.3, 0.4) is 0 Å². The number of allylic oxidation sites excluding steroid dienone is 1. The van der Waals surface area contributed by atoms with Crippen molar-refractivity contribution in [3.8, 4) is 0 Å². The average molecular weight is 371 g/mol. The maximum atomic E-state index is 13.3. The van der Waals surface area contributed by atoms with Gasteiger partial charge in [0, 0.05) is 24.8 Å². The summed E-state index contributed by atoms with van der Waals surface area (Å²) >= 11 is 0. The van der Waals surface area contributed by atoms with E-state index in [1.165, 1.54) is 6.07 Å². The molecule has 0 aliphatic carbocycles. The molecule has 0 radical (unpaired) electrons. The van der Waals surface area contributed by atoms with Gasteiger partial charge in [-0.05, 0) is 29.8 Å². The predicted octanol–water partition coefficient (Wildman–Crippen LogP) is 4.76. The molecule has 1 aliphatic rings. The third-order valence-corrected chi connectivity index (χ3v) is 3.69. The Morgan fingerprint density at radius 3 is 2.50 bits per heavy atom. The van der Waals surface area contributed by atoms with E-state index in [1.54, 1.807) is 12.1 Å². The Balaban J connectivity index is 0.00000144. The van der Waals surface area contributed by atoms with Gasteiger partial charge in [0.25, 0.3) is 0 Å². The quantitative estimate of drug-likeness (QED) is 0.743. The SMILES string of the molecule is CN1CCN=C(C=Cc2ccc(F)c(F)c2)c2ccccc21.Cl.Cl. The number of benzodiazepines with no additional fused rings is 1. The Bertz CT molecular complexity index is 760. The van der Waals surface area contributed by atoms with Crippen molar-refractivity contribution in [3.05, 3.63) is 71.3 Å². The number of hydrogen-bond acceptors (Lipinski definition) is 2. The minimum absolute atomic E-state index is 0. The van der Waals surface area contributed by atoms with E-state index < -0.39 is 11.6 Å². The van der Waals surface area contributed by atoms with Crippen molar-refractivity contribution in [2.24, 2.45) is 4.99 Å². The van der Waals surface area contributed by atoms with E-state index >= 15 is 0 Å². The highest BCUT2D eigenvalue weighted by Crippen LogP contribution is 2.23. The maximum Gasteiger partial charge on any atom is 0.159 e. The summed E-state index contributed by atoms with van der Waals surface area (Å²) < 4.78 is 26.2. The third-order valence-electron chi connectivity index (χ3n) is 3.69. The molecule has 0 N–H and O–H groups in total. The minimum Gasteiger partial charge on any atom is -0.372 e. The molecule has 0 saturated heterocycles. The van der Waals surface area contributed by atoms with Gasteiger partial charge in [-0.3, -0.25) is 4.99 Å². The maximum absolute atomic E-state index is 13.3. The van der Waals surface area contributed by atoms with Crippen LogP contribution in [0.1, 0.15) is 11.1 Å². The predicted molar refractivity (Wildman–Crippen MR) is 101 cm³/mol. The molecule has 0 unspecified atom stereocenters. The van der Waals surface area contributed by atoms with Gasteiger partial charge < -0.3 is 4.90 Å². The lowest BCUT2D eigenvalue weighted by Gasteiger charge is -2.18. The van der Waals surface area contributed by atoms with Gasteiger partial charge in [-0.1, -0.05) is 30.3 Å². The summed E-state index contributed by atoms with van der Waals surface area (Å²) in [6.45, 7) is 1.54. The number of aliphatic imine (C=N–C) groups is 1. The van der Waals surface area contributed by atoms with E-state index in [9.17, 15) is 8.78 Å². The fourth-order valence-corrected chi connectivity index (χ4v) is 2.48. The molecule has 24 heavy (non-hydrogen) atoms. The van der Waals surface area contributed by atoms with Gasteiger partial charge in [-0.25, -0.2) is 8.78 Å². The molecule has 1 aliphatic heterocycles. The third kappa shape index (κ3) is 4.34. The Labute approximate surface area is 152 Å². The zero-order chi connectivity index (χ0) is 15.5. The molecule has 6 heteroatoms. The molecule has 0 bridgehead atoms. The fourth-order valence-electron chi connectivity index (χ4n) is 2.48. The molecule has 2 aromatic rings. The summed E-state index contributed by atoms with van der Waals surface area (Å²) in [6, 6.07) is 11.9. The molecule has 3 rings (SSSR count). The molecule has 0 fully saturated rings. The number of rotatable bonds is 2. The normalized spacial score (nSPS) is 13.5. The smallest absolute Gasteiger partial charge is 0.159 e.